The SMILES string of the molecule is COCC(COCC(COS(=O)(=O)c1ccc(C)cc1)OS(=O)(=O)c1ccc(C)cc1)OCC(COS(=O)(=O)c1ccc(C)cc1)OS(=O)(=O)c1ccc(C)cc1. The molecule has 0 aliphatic heterocycles. The minimum Gasteiger partial charge on any atom is -0.382 e. The highest BCUT2D eigenvalue weighted by atomic mass is 32.2. The van der Waals surface area contributed by atoms with Gasteiger partial charge in [-0.2, -0.15) is 33.7 Å². The average Bonchev–Trinajstić information content (AvgIpc) is 3.15. The van der Waals surface area contributed by atoms with E-state index in [1.807, 2.05) is 0 Å². The predicted molar refractivity (Wildman–Crippen MR) is 208 cm³/mol. The molecule has 0 N–H and O–H groups in total. The van der Waals surface area contributed by atoms with Gasteiger partial charge in [0, 0.05) is 7.11 Å². The molecule has 15 nitrogen and oxygen atoms in total. The van der Waals surface area contributed by atoms with Gasteiger partial charge >= 0.3 is 0 Å². The predicted octanol–water partition coefficient (Wildman–Crippen LogP) is 4.63. The molecule has 0 saturated carbocycles. The number of hydrogen-bond acceptors (Lipinski definition) is 15. The summed E-state index contributed by atoms with van der Waals surface area (Å²) in [7, 11) is -16.2. The van der Waals surface area contributed by atoms with Crippen molar-refractivity contribution in [1.29, 1.82) is 0 Å². The second-order valence-corrected chi connectivity index (χ2v) is 19.4. The number of ether oxygens (including phenoxy) is 3. The van der Waals surface area contributed by atoms with Gasteiger partial charge in [0.15, 0.2) is 0 Å². The maximum Gasteiger partial charge on any atom is 0.297 e. The molecule has 0 aromatic heterocycles. The number of hydrogen-bond donors (Lipinski definition) is 0. The number of methoxy groups -OCH3 is 1. The molecule has 0 bridgehead atoms. The Hall–Kier alpha value is -3.60. The van der Waals surface area contributed by atoms with Crippen molar-refractivity contribution in [2.75, 3.05) is 46.8 Å². The van der Waals surface area contributed by atoms with Crippen LogP contribution in [0, 0.1) is 27.7 Å². The third-order valence-electron chi connectivity index (χ3n) is 8.06. The van der Waals surface area contributed by atoms with Crippen LogP contribution in [0.3, 0.4) is 0 Å². The fourth-order valence-electron chi connectivity index (χ4n) is 4.87. The van der Waals surface area contributed by atoms with Crippen molar-refractivity contribution in [3.63, 3.8) is 0 Å². The van der Waals surface area contributed by atoms with Crippen molar-refractivity contribution < 1.29 is 64.6 Å². The van der Waals surface area contributed by atoms with Crippen LogP contribution in [0.5, 0.6) is 0 Å². The third-order valence-corrected chi connectivity index (χ3v) is 13.4. The van der Waals surface area contributed by atoms with E-state index in [1.54, 1.807) is 76.2 Å². The van der Waals surface area contributed by atoms with E-state index in [0.717, 1.165) is 22.3 Å². The molecule has 0 spiro atoms. The van der Waals surface area contributed by atoms with E-state index >= 15 is 0 Å². The van der Waals surface area contributed by atoms with Gasteiger partial charge in [0.25, 0.3) is 40.5 Å². The number of aryl methyl sites for hydroxylation is 4. The largest absolute Gasteiger partial charge is 0.382 e. The number of rotatable bonds is 23. The maximum absolute atomic E-state index is 13.2. The van der Waals surface area contributed by atoms with Crippen LogP contribution < -0.4 is 0 Å². The Morgan fingerprint density at radius 3 is 1.02 bits per heavy atom. The van der Waals surface area contributed by atoms with Gasteiger partial charge in [0.1, 0.15) is 18.3 Å². The third kappa shape index (κ3) is 14.3. The Morgan fingerprint density at radius 1 is 0.386 bits per heavy atom. The van der Waals surface area contributed by atoms with Crippen LogP contribution in [0.25, 0.3) is 0 Å². The second kappa shape index (κ2) is 20.4. The lowest BCUT2D eigenvalue weighted by molar-refractivity contribution is -0.0837. The summed E-state index contributed by atoms with van der Waals surface area (Å²) < 4.78 is 143. The van der Waals surface area contributed by atoms with E-state index < -0.39 is 85.2 Å². The Balaban J connectivity index is 1.48. The smallest absolute Gasteiger partial charge is 0.297 e. The molecule has 19 heteroatoms. The van der Waals surface area contributed by atoms with Crippen molar-refractivity contribution in [2.45, 2.75) is 65.6 Å². The molecular formula is C38H46O15S4. The number of benzene rings is 4. The monoisotopic (exact) mass is 870 g/mol. The highest BCUT2D eigenvalue weighted by Crippen LogP contribution is 2.21. The van der Waals surface area contributed by atoms with Gasteiger partial charge in [-0.3, -0.25) is 16.7 Å². The first-order chi connectivity index (χ1) is 26.8. The van der Waals surface area contributed by atoms with Crippen molar-refractivity contribution in [3.05, 3.63) is 119 Å². The van der Waals surface area contributed by atoms with E-state index in [0.29, 0.717) is 0 Å². The summed E-state index contributed by atoms with van der Waals surface area (Å²) in [6.45, 7) is 4.08. The summed E-state index contributed by atoms with van der Waals surface area (Å²) in [6.07, 6.45) is -3.94. The average molecular weight is 871 g/mol. The van der Waals surface area contributed by atoms with Gasteiger partial charge in [-0.15, -0.1) is 0 Å². The Labute approximate surface area is 335 Å². The highest BCUT2D eigenvalue weighted by molar-refractivity contribution is 7.87. The molecule has 0 radical (unpaired) electrons. The van der Waals surface area contributed by atoms with Gasteiger partial charge in [-0.05, 0) is 76.2 Å². The zero-order valence-electron chi connectivity index (χ0n) is 32.0. The quantitative estimate of drug-likeness (QED) is 0.0934. The van der Waals surface area contributed by atoms with Crippen molar-refractivity contribution >= 4 is 40.5 Å². The maximum atomic E-state index is 13.2. The zero-order valence-corrected chi connectivity index (χ0v) is 35.2. The van der Waals surface area contributed by atoms with Crippen LogP contribution in [-0.2, 0) is 71.4 Å². The lowest BCUT2D eigenvalue weighted by Gasteiger charge is -2.23. The van der Waals surface area contributed by atoms with E-state index in [9.17, 15) is 33.7 Å². The fourth-order valence-corrected chi connectivity index (χ4v) is 8.84. The lowest BCUT2D eigenvalue weighted by Crippen LogP contribution is -2.36. The highest BCUT2D eigenvalue weighted by Gasteiger charge is 2.29. The van der Waals surface area contributed by atoms with Gasteiger partial charge in [0.2, 0.25) is 0 Å². The van der Waals surface area contributed by atoms with E-state index in [-0.39, 0.29) is 32.8 Å². The molecule has 4 rings (SSSR count). The summed E-state index contributed by atoms with van der Waals surface area (Å²) in [5, 5.41) is 0. The molecule has 0 aliphatic rings. The molecule has 0 saturated heterocycles. The lowest BCUT2D eigenvalue weighted by atomic mass is 10.2. The van der Waals surface area contributed by atoms with Crippen LogP contribution in [0.2, 0.25) is 0 Å². The standard InChI is InChI=1S/C38H46O15S4/c1-28-6-14-35(15-7-28)54(39,40)50-26-33(52-56(43,44)37-18-10-30(3)11-19-37)24-48-23-32(22-47-5)49-25-34(53-57(45,46)38-20-12-31(4)13-21-38)27-51-55(41,42)36-16-8-29(2)9-17-36/h6-21,32-34H,22-27H2,1-5H3. The first-order valence-corrected chi connectivity index (χ1v) is 23.0. The van der Waals surface area contributed by atoms with Crippen LogP contribution in [0.4, 0.5) is 0 Å². The van der Waals surface area contributed by atoms with Crippen LogP contribution in [0.1, 0.15) is 22.3 Å². The van der Waals surface area contributed by atoms with E-state index in [2.05, 4.69) is 0 Å². The summed E-state index contributed by atoms with van der Waals surface area (Å²) >= 11 is 0. The van der Waals surface area contributed by atoms with Gasteiger partial charge in [-0.25, -0.2) is 0 Å². The summed E-state index contributed by atoms with van der Waals surface area (Å²) in [5.74, 6) is 0. The van der Waals surface area contributed by atoms with Gasteiger partial charge in [0.05, 0.1) is 59.2 Å². The van der Waals surface area contributed by atoms with E-state index in [4.69, 9.17) is 30.9 Å². The Kier molecular flexibility index (Phi) is 16.5. The van der Waals surface area contributed by atoms with Gasteiger partial charge in [-0.1, -0.05) is 70.8 Å². The van der Waals surface area contributed by atoms with Crippen molar-refractivity contribution in [1.82, 2.24) is 0 Å². The summed E-state index contributed by atoms with van der Waals surface area (Å²) in [4.78, 5) is -0.677. The van der Waals surface area contributed by atoms with Crippen molar-refractivity contribution in [2.24, 2.45) is 0 Å². The van der Waals surface area contributed by atoms with Crippen LogP contribution >= 0.6 is 0 Å². The minimum absolute atomic E-state index is 0.133. The first kappa shape index (κ1) is 46.1. The van der Waals surface area contributed by atoms with Crippen molar-refractivity contribution in [3.8, 4) is 0 Å². The second-order valence-electron chi connectivity index (χ2n) is 13.0. The Morgan fingerprint density at radius 2 is 0.684 bits per heavy atom. The first-order valence-electron chi connectivity index (χ1n) is 17.4. The summed E-state index contributed by atoms with van der Waals surface area (Å²) in [6, 6.07) is 23.3. The van der Waals surface area contributed by atoms with E-state index in [1.165, 1.54) is 55.6 Å². The molecule has 312 valence electrons. The molecule has 4 aromatic rings. The normalized spacial score (nSPS) is 14.3. The molecule has 57 heavy (non-hydrogen) atoms. The zero-order chi connectivity index (χ0) is 41.9. The molecule has 4 aromatic carbocycles. The molecule has 0 amide bonds. The molecule has 3 atom stereocenters. The molecular weight excluding hydrogens is 825 g/mol. The topological polar surface area (TPSA) is 201 Å². The molecule has 3 unspecified atom stereocenters. The minimum atomic E-state index is -4.44. The molecule has 0 aliphatic carbocycles. The Bertz CT molecular complexity index is 2330. The van der Waals surface area contributed by atoms with Gasteiger partial charge < -0.3 is 14.2 Å². The summed E-state index contributed by atoms with van der Waals surface area (Å²) in [5.41, 5.74) is 3.21. The van der Waals surface area contributed by atoms with Crippen LogP contribution in [-0.4, -0.2) is 98.7 Å². The fraction of sp³-hybridized carbons (Fsp3) is 0.368. The molecule has 0 fully saturated rings. The van der Waals surface area contributed by atoms with Crippen LogP contribution in [0.15, 0.2) is 117 Å². The molecule has 0 heterocycles.